The number of pyridine rings is 1. The van der Waals surface area contributed by atoms with E-state index in [-0.39, 0.29) is 0 Å². The summed E-state index contributed by atoms with van der Waals surface area (Å²) in [6.07, 6.45) is 4.71. The van der Waals surface area contributed by atoms with Crippen LogP contribution in [-0.4, -0.2) is 30.0 Å². The normalized spacial score (nSPS) is 15.6. The summed E-state index contributed by atoms with van der Waals surface area (Å²) in [5.74, 6) is 0.303. The number of hydrogen-bond donors (Lipinski definition) is 2. The molecule has 2 rings (SSSR count). The van der Waals surface area contributed by atoms with Crippen LogP contribution in [0.3, 0.4) is 0 Å². The van der Waals surface area contributed by atoms with E-state index >= 15 is 0 Å². The molecule has 1 amide bonds. The molecule has 0 aromatic carbocycles. The molecule has 5 nitrogen and oxygen atoms in total. The summed E-state index contributed by atoms with van der Waals surface area (Å²) >= 11 is 0. The molecule has 0 spiro atoms. The van der Waals surface area contributed by atoms with Gasteiger partial charge < -0.3 is 16.4 Å². The van der Waals surface area contributed by atoms with Gasteiger partial charge >= 0.3 is 0 Å². The van der Waals surface area contributed by atoms with Crippen molar-refractivity contribution < 1.29 is 4.79 Å². The van der Waals surface area contributed by atoms with E-state index in [9.17, 15) is 4.79 Å². The van der Waals surface area contributed by atoms with Gasteiger partial charge in [0.25, 0.3) is 5.91 Å². The Hall–Kier alpha value is -1.62. The van der Waals surface area contributed by atoms with Crippen LogP contribution in [-0.2, 0) is 0 Å². The first-order valence-corrected chi connectivity index (χ1v) is 7.29. The van der Waals surface area contributed by atoms with Gasteiger partial charge in [0.2, 0.25) is 0 Å². The molecule has 1 fully saturated rings. The summed E-state index contributed by atoms with van der Waals surface area (Å²) in [4.78, 5) is 18.6. The maximum absolute atomic E-state index is 11.8. The quantitative estimate of drug-likeness (QED) is 0.853. The van der Waals surface area contributed by atoms with Crippen LogP contribution in [0.2, 0.25) is 0 Å². The van der Waals surface area contributed by atoms with Crippen LogP contribution in [0.15, 0.2) is 6.07 Å². The summed E-state index contributed by atoms with van der Waals surface area (Å²) in [5.41, 5.74) is 13.6. The maximum Gasteiger partial charge on any atom is 0.252 e. The van der Waals surface area contributed by atoms with E-state index < -0.39 is 5.91 Å². The highest BCUT2D eigenvalue weighted by molar-refractivity contribution is 5.99. The standard InChI is InChI=1S/C15H24N4O/c1-10-9-11(2)18-15(13(10)14(17)20)19(8-7-16)12-5-3-4-6-12/h9,12H,3-8,16H2,1-2H3,(H2,17,20). The van der Waals surface area contributed by atoms with E-state index in [0.717, 1.165) is 24.1 Å². The van der Waals surface area contributed by atoms with Crippen LogP contribution >= 0.6 is 0 Å². The molecule has 1 aliphatic carbocycles. The van der Waals surface area contributed by atoms with Crippen molar-refractivity contribution >= 4 is 11.7 Å². The number of primary amides is 1. The van der Waals surface area contributed by atoms with Crippen molar-refractivity contribution in [3.8, 4) is 0 Å². The number of nitrogens with zero attached hydrogens (tertiary/aromatic N) is 2. The van der Waals surface area contributed by atoms with E-state index in [1.165, 1.54) is 12.8 Å². The molecular formula is C15H24N4O. The largest absolute Gasteiger partial charge is 0.365 e. The molecule has 1 saturated carbocycles. The van der Waals surface area contributed by atoms with Crippen molar-refractivity contribution in [2.45, 2.75) is 45.6 Å². The number of aromatic nitrogens is 1. The number of amides is 1. The van der Waals surface area contributed by atoms with E-state index in [4.69, 9.17) is 11.5 Å². The molecule has 20 heavy (non-hydrogen) atoms. The predicted octanol–water partition coefficient (Wildman–Crippen LogP) is 1.51. The lowest BCUT2D eigenvalue weighted by molar-refractivity contribution is 0.1000. The molecule has 1 heterocycles. The Bertz CT molecular complexity index is 495. The molecule has 110 valence electrons. The molecule has 0 unspecified atom stereocenters. The predicted molar refractivity (Wildman–Crippen MR) is 80.9 cm³/mol. The smallest absolute Gasteiger partial charge is 0.252 e. The van der Waals surface area contributed by atoms with Crippen LogP contribution in [0.4, 0.5) is 5.82 Å². The van der Waals surface area contributed by atoms with Gasteiger partial charge in [0.1, 0.15) is 5.82 Å². The molecule has 1 aromatic heterocycles. The average Bonchev–Trinajstić information content (AvgIpc) is 2.87. The Morgan fingerprint density at radius 2 is 2.05 bits per heavy atom. The van der Waals surface area contributed by atoms with E-state index in [1.54, 1.807) is 0 Å². The Morgan fingerprint density at radius 1 is 1.40 bits per heavy atom. The summed E-state index contributed by atoms with van der Waals surface area (Å²) < 4.78 is 0. The molecule has 0 aliphatic heterocycles. The minimum atomic E-state index is -0.412. The van der Waals surface area contributed by atoms with E-state index in [2.05, 4.69) is 9.88 Å². The SMILES string of the molecule is Cc1cc(C)c(C(N)=O)c(N(CCN)C2CCCC2)n1. The second-order valence-corrected chi connectivity index (χ2v) is 5.56. The summed E-state index contributed by atoms with van der Waals surface area (Å²) in [5, 5.41) is 0. The molecule has 1 aromatic rings. The van der Waals surface area contributed by atoms with E-state index in [1.807, 2.05) is 19.9 Å². The highest BCUT2D eigenvalue weighted by Crippen LogP contribution is 2.30. The fourth-order valence-electron chi connectivity index (χ4n) is 3.15. The van der Waals surface area contributed by atoms with Crippen molar-refractivity contribution in [1.29, 1.82) is 0 Å². The highest BCUT2D eigenvalue weighted by Gasteiger charge is 2.27. The van der Waals surface area contributed by atoms with Gasteiger partial charge in [-0.1, -0.05) is 12.8 Å². The number of hydrogen-bond acceptors (Lipinski definition) is 4. The second kappa shape index (κ2) is 6.22. The van der Waals surface area contributed by atoms with Gasteiger partial charge in [-0.3, -0.25) is 4.79 Å². The monoisotopic (exact) mass is 276 g/mol. The minimum Gasteiger partial charge on any atom is -0.365 e. The molecule has 4 N–H and O–H groups in total. The van der Waals surface area contributed by atoms with Crippen molar-refractivity contribution in [1.82, 2.24) is 4.98 Å². The Labute approximate surface area is 120 Å². The Morgan fingerprint density at radius 3 is 2.60 bits per heavy atom. The number of carbonyl (C=O) groups is 1. The average molecular weight is 276 g/mol. The molecule has 0 bridgehead atoms. The molecule has 0 atom stereocenters. The zero-order chi connectivity index (χ0) is 14.7. The lowest BCUT2D eigenvalue weighted by atomic mass is 10.1. The summed E-state index contributed by atoms with van der Waals surface area (Å²) in [6.45, 7) is 5.11. The number of carbonyl (C=O) groups excluding carboxylic acids is 1. The Kier molecular flexibility index (Phi) is 4.60. The molecule has 0 saturated heterocycles. The summed E-state index contributed by atoms with van der Waals surface area (Å²) in [6, 6.07) is 2.32. The zero-order valence-corrected chi connectivity index (χ0v) is 12.4. The third-order valence-corrected chi connectivity index (χ3v) is 3.98. The lowest BCUT2D eigenvalue weighted by Gasteiger charge is -2.31. The van der Waals surface area contributed by atoms with Gasteiger partial charge in [0, 0.05) is 24.8 Å². The van der Waals surface area contributed by atoms with Crippen molar-refractivity contribution in [3.63, 3.8) is 0 Å². The van der Waals surface area contributed by atoms with Gasteiger partial charge in [-0.25, -0.2) is 4.98 Å². The minimum absolute atomic E-state index is 0.412. The van der Waals surface area contributed by atoms with E-state index in [0.29, 0.717) is 30.5 Å². The highest BCUT2D eigenvalue weighted by atomic mass is 16.1. The van der Waals surface area contributed by atoms with Crippen LogP contribution in [0.5, 0.6) is 0 Å². The first-order chi connectivity index (χ1) is 9.54. The summed E-state index contributed by atoms with van der Waals surface area (Å²) in [7, 11) is 0. The van der Waals surface area contributed by atoms with Crippen LogP contribution in [0, 0.1) is 13.8 Å². The van der Waals surface area contributed by atoms with Crippen LogP contribution in [0.1, 0.15) is 47.3 Å². The maximum atomic E-state index is 11.8. The third kappa shape index (κ3) is 2.93. The second-order valence-electron chi connectivity index (χ2n) is 5.56. The van der Waals surface area contributed by atoms with Gasteiger partial charge in [0.15, 0.2) is 0 Å². The van der Waals surface area contributed by atoms with Crippen LogP contribution < -0.4 is 16.4 Å². The van der Waals surface area contributed by atoms with Gasteiger partial charge in [0.05, 0.1) is 5.56 Å². The fourth-order valence-corrected chi connectivity index (χ4v) is 3.15. The molecule has 0 radical (unpaired) electrons. The first-order valence-electron chi connectivity index (χ1n) is 7.29. The molecule has 1 aliphatic rings. The number of rotatable bonds is 5. The first kappa shape index (κ1) is 14.8. The van der Waals surface area contributed by atoms with Gasteiger partial charge in [-0.05, 0) is 38.3 Å². The molecular weight excluding hydrogens is 252 g/mol. The number of nitrogens with two attached hydrogens (primary N) is 2. The number of anilines is 1. The van der Waals surface area contributed by atoms with Crippen molar-refractivity contribution in [3.05, 3.63) is 22.9 Å². The zero-order valence-electron chi connectivity index (χ0n) is 12.4. The topological polar surface area (TPSA) is 85.2 Å². The van der Waals surface area contributed by atoms with Crippen molar-refractivity contribution in [2.24, 2.45) is 11.5 Å². The fraction of sp³-hybridized carbons (Fsp3) is 0.600. The Balaban J connectivity index is 2.48. The van der Waals surface area contributed by atoms with Gasteiger partial charge in [-0.15, -0.1) is 0 Å². The van der Waals surface area contributed by atoms with Crippen molar-refractivity contribution in [2.75, 3.05) is 18.0 Å². The van der Waals surface area contributed by atoms with Gasteiger partial charge in [-0.2, -0.15) is 0 Å². The molecule has 5 heteroatoms. The number of aryl methyl sites for hydroxylation is 2. The third-order valence-electron chi connectivity index (χ3n) is 3.98. The lowest BCUT2D eigenvalue weighted by Crippen LogP contribution is -2.39. The van der Waals surface area contributed by atoms with Crippen LogP contribution in [0.25, 0.3) is 0 Å².